The first-order valence-electron chi connectivity index (χ1n) is 5.83. The van der Waals surface area contributed by atoms with Crippen molar-refractivity contribution in [3.63, 3.8) is 0 Å². The van der Waals surface area contributed by atoms with E-state index in [0.29, 0.717) is 13.1 Å². The first kappa shape index (κ1) is 15.8. The lowest BCUT2D eigenvalue weighted by Gasteiger charge is -2.28. The molecule has 98 valence electrons. The molecule has 6 N–H and O–H groups in total. The van der Waals surface area contributed by atoms with Crippen LogP contribution in [-0.4, -0.2) is 66.8 Å². The minimum absolute atomic E-state index is 0.617. The summed E-state index contributed by atoms with van der Waals surface area (Å²) in [4.78, 5) is 1.61. The summed E-state index contributed by atoms with van der Waals surface area (Å²) in [5.74, 6) is 0. The van der Waals surface area contributed by atoms with Crippen LogP contribution in [0.15, 0.2) is 0 Å². The molecular formula is C10H26N4O2. The molecule has 0 saturated heterocycles. The first-order chi connectivity index (χ1) is 7.59. The lowest BCUT2D eigenvalue weighted by molar-refractivity contribution is -0.0828. The fraction of sp³-hybridized carbons (Fsp3) is 1.00. The SMILES string of the molecule is CC(O)N(CCNCCNCCN)C(C)O. The van der Waals surface area contributed by atoms with Gasteiger partial charge < -0.3 is 26.6 Å². The highest BCUT2D eigenvalue weighted by Gasteiger charge is 2.14. The van der Waals surface area contributed by atoms with E-state index in [1.807, 2.05) is 0 Å². The Morgan fingerprint density at radius 3 is 1.94 bits per heavy atom. The van der Waals surface area contributed by atoms with Crippen LogP contribution in [0.25, 0.3) is 0 Å². The van der Waals surface area contributed by atoms with Gasteiger partial charge in [0.05, 0.1) is 0 Å². The second-order valence-corrected chi connectivity index (χ2v) is 3.79. The molecule has 0 aliphatic carbocycles. The smallest absolute Gasteiger partial charge is 0.106 e. The molecule has 0 amide bonds. The van der Waals surface area contributed by atoms with Gasteiger partial charge in [0.25, 0.3) is 0 Å². The molecule has 0 saturated carbocycles. The number of aliphatic hydroxyl groups excluding tert-OH is 2. The fourth-order valence-corrected chi connectivity index (χ4v) is 1.42. The number of rotatable bonds is 10. The van der Waals surface area contributed by atoms with Crippen molar-refractivity contribution < 1.29 is 10.2 Å². The largest absolute Gasteiger partial charge is 0.379 e. The molecule has 0 rings (SSSR count). The zero-order valence-electron chi connectivity index (χ0n) is 10.3. The lowest BCUT2D eigenvalue weighted by Crippen LogP contribution is -2.44. The average Bonchev–Trinajstić information content (AvgIpc) is 2.21. The summed E-state index contributed by atoms with van der Waals surface area (Å²) in [6, 6.07) is 0. The van der Waals surface area contributed by atoms with E-state index in [1.54, 1.807) is 18.7 Å². The number of nitrogens with zero attached hydrogens (tertiary/aromatic N) is 1. The summed E-state index contributed by atoms with van der Waals surface area (Å²) in [7, 11) is 0. The number of nitrogens with two attached hydrogens (primary N) is 1. The second-order valence-electron chi connectivity index (χ2n) is 3.79. The van der Waals surface area contributed by atoms with Crippen molar-refractivity contribution in [3.8, 4) is 0 Å². The Bertz CT molecular complexity index is 148. The van der Waals surface area contributed by atoms with E-state index >= 15 is 0 Å². The highest BCUT2D eigenvalue weighted by Crippen LogP contribution is 1.98. The van der Waals surface area contributed by atoms with Gasteiger partial charge >= 0.3 is 0 Å². The highest BCUT2D eigenvalue weighted by atomic mass is 16.3. The van der Waals surface area contributed by atoms with Gasteiger partial charge in [0, 0.05) is 39.3 Å². The van der Waals surface area contributed by atoms with Crippen LogP contribution in [0, 0.1) is 0 Å². The number of hydrogen-bond donors (Lipinski definition) is 5. The number of nitrogens with one attached hydrogen (secondary N) is 2. The molecule has 0 aromatic heterocycles. The zero-order chi connectivity index (χ0) is 12.4. The van der Waals surface area contributed by atoms with E-state index in [-0.39, 0.29) is 0 Å². The summed E-state index contributed by atoms with van der Waals surface area (Å²) in [6.07, 6.45) is -1.26. The van der Waals surface area contributed by atoms with E-state index in [2.05, 4.69) is 10.6 Å². The van der Waals surface area contributed by atoms with Crippen molar-refractivity contribution in [2.75, 3.05) is 39.3 Å². The maximum atomic E-state index is 9.37. The topological polar surface area (TPSA) is 93.8 Å². The number of aliphatic hydroxyl groups is 2. The average molecular weight is 234 g/mol. The molecule has 0 bridgehead atoms. The Morgan fingerprint density at radius 1 is 1.00 bits per heavy atom. The Hall–Kier alpha value is -0.240. The summed E-state index contributed by atoms with van der Waals surface area (Å²) in [6.45, 7) is 7.86. The Balaban J connectivity index is 3.41. The van der Waals surface area contributed by atoms with Crippen LogP contribution < -0.4 is 16.4 Å². The van der Waals surface area contributed by atoms with Crippen molar-refractivity contribution in [1.29, 1.82) is 0 Å². The Labute approximate surface area is 97.8 Å². The second kappa shape index (κ2) is 9.95. The normalized spacial score (nSPS) is 15.4. The monoisotopic (exact) mass is 234 g/mol. The molecule has 6 nitrogen and oxygen atoms in total. The zero-order valence-corrected chi connectivity index (χ0v) is 10.3. The van der Waals surface area contributed by atoms with Crippen LogP contribution in [0.5, 0.6) is 0 Å². The van der Waals surface area contributed by atoms with E-state index < -0.39 is 12.5 Å². The minimum atomic E-state index is -0.628. The Morgan fingerprint density at radius 2 is 1.50 bits per heavy atom. The van der Waals surface area contributed by atoms with Gasteiger partial charge in [0.15, 0.2) is 0 Å². The van der Waals surface area contributed by atoms with E-state index in [1.165, 1.54) is 0 Å². The van der Waals surface area contributed by atoms with Gasteiger partial charge in [-0.1, -0.05) is 0 Å². The molecule has 0 radical (unpaired) electrons. The standard InChI is InChI=1S/C10H26N4O2/c1-9(15)14(10(2)16)8-7-13-6-5-12-4-3-11/h9-10,12-13,15-16H,3-8,11H2,1-2H3. The molecular weight excluding hydrogens is 208 g/mol. The Kier molecular flexibility index (Phi) is 9.80. The molecule has 0 aromatic carbocycles. The quantitative estimate of drug-likeness (QED) is 0.224. The van der Waals surface area contributed by atoms with Gasteiger partial charge in [-0.25, -0.2) is 0 Å². The molecule has 2 atom stereocenters. The van der Waals surface area contributed by atoms with Crippen molar-refractivity contribution in [1.82, 2.24) is 15.5 Å². The van der Waals surface area contributed by atoms with Crippen LogP contribution in [0.1, 0.15) is 13.8 Å². The fourth-order valence-electron chi connectivity index (χ4n) is 1.42. The van der Waals surface area contributed by atoms with Gasteiger partial charge in [-0.15, -0.1) is 0 Å². The molecule has 0 aromatic rings. The van der Waals surface area contributed by atoms with Gasteiger partial charge in [-0.2, -0.15) is 0 Å². The van der Waals surface area contributed by atoms with Crippen molar-refractivity contribution in [2.24, 2.45) is 5.73 Å². The van der Waals surface area contributed by atoms with E-state index in [0.717, 1.165) is 26.2 Å². The molecule has 0 heterocycles. The maximum absolute atomic E-state index is 9.37. The van der Waals surface area contributed by atoms with Crippen LogP contribution in [0.2, 0.25) is 0 Å². The molecule has 0 fully saturated rings. The highest BCUT2D eigenvalue weighted by molar-refractivity contribution is 4.61. The molecule has 0 aliphatic rings. The molecule has 6 heteroatoms. The van der Waals surface area contributed by atoms with Crippen LogP contribution in [-0.2, 0) is 0 Å². The third-order valence-corrected chi connectivity index (χ3v) is 2.31. The van der Waals surface area contributed by atoms with Crippen LogP contribution in [0.4, 0.5) is 0 Å². The van der Waals surface area contributed by atoms with Crippen molar-refractivity contribution in [2.45, 2.75) is 26.3 Å². The molecule has 16 heavy (non-hydrogen) atoms. The number of hydrogen-bond acceptors (Lipinski definition) is 6. The molecule has 0 spiro atoms. The molecule has 2 unspecified atom stereocenters. The van der Waals surface area contributed by atoms with Gasteiger partial charge in [0.2, 0.25) is 0 Å². The summed E-state index contributed by atoms with van der Waals surface area (Å²) < 4.78 is 0. The first-order valence-corrected chi connectivity index (χ1v) is 5.83. The van der Waals surface area contributed by atoms with Gasteiger partial charge in [-0.05, 0) is 13.8 Å². The third-order valence-electron chi connectivity index (χ3n) is 2.31. The predicted octanol–water partition coefficient (Wildman–Crippen LogP) is -1.90. The summed E-state index contributed by atoms with van der Waals surface area (Å²) >= 11 is 0. The van der Waals surface area contributed by atoms with Gasteiger partial charge in [0.1, 0.15) is 12.5 Å². The predicted molar refractivity (Wildman–Crippen MR) is 64.9 cm³/mol. The third kappa shape index (κ3) is 7.98. The minimum Gasteiger partial charge on any atom is -0.379 e. The van der Waals surface area contributed by atoms with E-state index in [9.17, 15) is 10.2 Å². The molecule has 0 aliphatic heterocycles. The van der Waals surface area contributed by atoms with Crippen LogP contribution in [0.3, 0.4) is 0 Å². The van der Waals surface area contributed by atoms with Crippen LogP contribution >= 0.6 is 0 Å². The van der Waals surface area contributed by atoms with Crippen molar-refractivity contribution >= 4 is 0 Å². The van der Waals surface area contributed by atoms with E-state index in [4.69, 9.17) is 5.73 Å². The lowest BCUT2D eigenvalue weighted by atomic mass is 10.4. The maximum Gasteiger partial charge on any atom is 0.106 e. The summed E-state index contributed by atoms with van der Waals surface area (Å²) in [5.41, 5.74) is 5.33. The van der Waals surface area contributed by atoms with Gasteiger partial charge in [-0.3, -0.25) is 4.90 Å². The summed E-state index contributed by atoms with van der Waals surface area (Å²) in [5, 5.41) is 25.1. The van der Waals surface area contributed by atoms with Crippen molar-refractivity contribution in [3.05, 3.63) is 0 Å².